The largest absolute Gasteiger partial charge is 0.507 e. The number of aromatic hydroxyl groups is 2. The first-order valence-corrected chi connectivity index (χ1v) is 7.14. The van der Waals surface area contributed by atoms with Crippen LogP contribution in [0.25, 0.3) is 0 Å². The van der Waals surface area contributed by atoms with Crippen LogP contribution in [0.5, 0.6) is 17.2 Å². The van der Waals surface area contributed by atoms with Gasteiger partial charge in [0.15, 0.2) is 11.5 Å². The van der Waals surface area contributed by atoms with E-state index in [0.29, 0.717) is 5.56 Å². The van der Waals surface area contributed by atoms with Crippen LogP contribution in [0.15, 0.2) is 33.5 Å². The number of ether oxygens (including phenoxy) is 2. The van der Waals surface area contributed by atoms with Gasteiger partial charge in [-0.2, -0.15) is 0 Å². The lowest BCUT2D eigenvalue weighted by atomic mass is 9.88. The molecule has 1 aromatic heterocycles. The number of rotatable bonds is 5. The van der Waals surface area contributed by atoms with Gasteiger partial charge in [0.1, 0.15) is 11.5 Å². The zero-order chi connectivity index (χ0) is 17.9. The van der Waals surface area contributed by atoms with Gasteiger partial charge in [-0.1, -0.05) is 6.07 Å². The third-order valence-corrected chi connectivity index (χ3v) is 3.64. The second kappa shape index (κ2) is 7.08. The van der Waals surface area contributed by atoms with E-state index in [-0.39, 0.29) is 35.0 Å². The lowest BCUT2D eigenvalue weighted by Gasteiger charge is -2.18. The molecule has 0 aliphatic heterocycles. The molecule has 1 atom stereocenters. The number of carbonyl (C=O) groups is 1. The van der Waals surface area contributed by atoms with E-state index in [2.05, 4.69) is 4.74 Å². The minimum Gasteiger partial charge on any atom is -0.507 e. The number of methoxy groups -OCH3 is 2. The van der Waals surface area contributed by atoms with Gasteiger partial charge in [-0.3, -0.25) is 4.79 Å². The first-order chi connectivity index (χ1) is 11.4. The van der Waals surface area contributed by atoms with E-state index in [1.54, 1.807) is 0 Å². The van der Waals surface area contributed by atoms with Crippen LogP contribution in [0, 0.1) is 6.92 Å². The Hall–Kier alpha value is -2.96. The number of hydrogen-bond donors (Lipinski definition) is 2. The lowest BCUT2D eigenvalue weighted by molar-refractivity contribution is -0.140. The summed E-state index contributed by atoms with van der Waals surface area (Å²) in [5.74, 6) is -1.31. The second-order valence-electron chi connectivity index (χ2n) is 5.21. The summed E-state index contributed by atoms with van der Waals surface area (Å²) in [6.45, 7) is 1.53. The SMILES string of the molecule is COC(=O)C[C@H](c1ccc(O)c(OC)c1)c1c(O)cc(C)oc1=O. The summed E-state index contributed by atoms with van der Waals surface area (Å²) in [7, 11) is 2.61. The molecule has 24 heavy (non-hydrogen) atoms. The molecule has 0 saturated carbocycles. The highest BCUT2D eigenvalue weighted by Gasteiger charge is 2.27. The summed E-state index contributed by atoms with van der Waals surface area (Å²) in [5.41, 5.74) is -0.311. The third-order valence-electron chi connectivity index (χ3n) is 3.64. The molecule has 0 aliphatic carbocycles. The van der Waals surface area contributed by atoms with Crippen LogP contribution in [0.4, 0.5) is 0 Å². The van der Waals surface area contributed by atoms with Crippen molar-refractivity contribution < 1.29 is 28.9 Å². The van der Waals surface area contributed by atoms with Gasteiger partial charge >= 0.3 is 11.6 Å². The van der Waals surface area contributed by atoms with Crippen molar-refractivity contribution in [2.24, 2.45) is 0 Å². The first-order valence-electron chi connectivity index (χ1n) is 7.14. The maximum atomic E-state index is 12.2. The fourth-order valence-corrected chi connectivity index (χ4v) is 2.47. The summed E-state index contributed by atoms with van der Waals surface area (Å²) >= 11 is 0. The fourth-order valence-electron chi connectivity index (χ4n) is 2.47. The summed E-state index contributed by atoms with van der Waals surface area (Å²) in [5, 5.41) is 19.9. The van der Waals surface area contributed by atoms with Gasteiger partial charge in [-0.05, 0) is 24.6 Å². The molecule has 0 amide bonds. The van der Waals surface area contributed by atoms with Gasteiger partial charge in [0.25, 0.3) is 0 Å². The average molecular weight is 334 g/mol. The molecule has 0 bridgehead atoms. The summed E-state index contributed by atoms with van der Waals surface area (Å²) in [6.07, 6.45) is -0.189. The smallest absolute Gasteiger partial charge is 0.343 e. The fraction of sp³-hybridized carbons (Fsp3) is 0.294. The highest BCUT2D eigenvalue weighted by Crippen LogP contribution is 2.36. The third kappa shape index (κ3) is 3.51. The minimum atomic E-state index is -0.816. The molecule has 7 nitrogen and oxygen atoms in total. The Morgan fingerprint density at radius 1 is 1.21 bits per heavy atom. The zero-order valence-electron chi connectivity index (χ0n) is 13.5. The van der Waals surface area contributed by atoms with Gasteiger partial charge < -0.3 is 24.1 Å². The van der Waals surface area contributed by atoms with Crippen molar-refractivity contribution in [3.05, 3.63) is 51.6 Å². The molecule has 0 spiro atoms. The number of benzene rings is 1. The molecule has 0 aliphatic rings. The molecule has 1 aromatic carbocycles. The Balaban J connectivity index is 2.62. The van der Waals surface area contributed by atoms with E-state index in [1.807, 2.05) is 0 Å². The van der Waals surface area contributed by atoms with Crippen LogP contribution < -0.4 is 10.4 Å². The maximum absolute atomic E-state index is 12.2. The number of hydrogen-bond acceptors (Lipinski definition) is 7. The molecular formula is C17H18O7. The Bertz CT molecular complexity index is 807. The van der Waals surface area contributed by atoms with Crippen molar-refractivity contribution in [3.63, 3.8) is 0 Å². The normalized spacial score (nSPS) is 11.8. The number of phenolic OH excluding ortho intramolecular Hbond substituents is 1. The minimum absolute atomic E-state index is 0.0567. The van der Waals surface area contributed by atoms with Crippen LogP contribution in [-0.4, -0.2) is 30.4 Å². The van der Waals surface area contributed by atoms with Crippen molar-refractivity contribution in [3.8, 4) is 17.2 Å². The van der Waals surface area contributed by atoms with Crippen molar-refractivity contribution in [2.75, 3.05) is 14.2 Å². The van der Waals surface area contributed by atoms with E-state index in [1.165, 1.54) is 45.4 Å². The predicted molar refractivity (Wildman–Crippen MR) is 84.5 cm³/mol. The maximum Gasteiger partial charge on any atom is 0.343 e. The van der Waals surface area contributed by atoms with Crippen LogP contribution in [0.1, 0.15) is 29.2 Å². The van der Waals surface area contributed by atoms with E-state index in [4.69, 9.17) is 9.15 Å². The summed E-state index contributed by atoms with van der Waals surface area (Å²) in [6, 6.07) is 5.70. The van der Waals surface area contributed by atoms with Gasteiger partial charge in [0.05, 0.1) is 26.2 Å². The Labute approximate surface area is 138 Å². The monoisotopic (exact) mass is 334 g/mol. The van der Waals surface area contributed by atoms with E-state index < -0.39 is 17.5 Å². The van der Waals surface area contributed by atoms with Crippen molar-refractivity contribution in [1.82, 2.24) is 0 Å². The van der Waals surface area contributed by atoms with Crippen LogP contribution >= 0.6 is 0 Å². The van der Waals surface area contributed by atoms with Gasteiger partial charge in [-0.25, -0.2) is 4.79 Å². The van der Waals surface area contributed by atoms with Crippen molar-refractivity contribution >= 4 is 5.97 Å². The van der Waals surface area contributed by atoms with Crippen LogP contribution in [-0.2, 0) is 9.53 Å². The Morgan fingerprint density at radius 3 is 2.50 bits per heavy atom. The highest BCUT2D eigenvalue weighted by molar-refractivity contribution is 5.71. The quantitative estimate of drug-likeness (QED) is 0.806. The Kier molecular flexibility index (Phi) is 5.13. The molecule has 0 unspecified atom stereocenters. The number of phenols is 1. The van der Waals surface area contributed by atoms with Gasteiger partial charge in [0.2, 0.25) is 0 Å². The molecule has 0 saturated heterocycles. The van der Waals surface area contributed by atoms with Gasteiger partial charge in [-0.15, -0.1) is 0 Å². The van der Waals surface area contributed by atoms with Crippen LogP contribution in [0.2, 0.25) is 0 Å². The zero-order valence-corrected chi connectivity index (χ0v) is 13.5. The molecule has 2 N–H and O–H groups in total. The molecule has 7 heteroatoms. The summed E-state index contributed by atoms with van der Waals surface area (Å²) in [4.78, 5) is 24.0. The molecule has 1 heterocycles. The van der Waals surface area contributed by atoms with E-state index in [9.17, 15) is 19.8 Å². The average Bonchev–Trinajstić information content (AvgIpc) is 2.53. The number of aryl methyl sites for hydroxylation is 1. The predicted octanol–water partition coefficient (Wildman–Crippen LogP) is 2.06. The number of carbonyl (C=O) groups excluding carboxylic acids is 1. The molecule has 2 rings (SSSR count). The lowest BCUT2D eigenvalue weighted by Crippen LogP contribution is -2.18. The van der Waals surface area contributed by atoms with Crippen LogP contribution in [0.3, 0.4) is 0 Å². The first kappa shape index (κ1) is 17.4. The van der Waals surface area contributed by atoms with Crippen molar-refractivity contribution in [1.29, 1.82) is 0 Å². The van der Waals surface area contributed by atoms with Gasteiger partial charge in [0, 0.05) is 12.0 Å². The molecular weight excluding hydrogens is 316 g/mol. The Morgan fingerprint density at radius 2 is 1.92 bits per heavy atom. The van der Waals surface area contributed by atoms with E-state index in [0.717, 1.165) is 0 Å². The number of esters is 1. The standard InChI is InChI=1S/C17H18O7/c1-9-6-13(19)16(17(21)24-9)11(8-15(20)23-3)10-4-5-12(18)14(7-10)22-2/h4-7,11,18-19H,8H2,1-3H3/t11-/m1/s1. The van der Waals surface area contributed by atoms with E-state index >= 15 is 0 Å². The molecule has 2 aromatic rings. The second-order valence-corrected chi connectivity index (χ2v) is 5.21. The topological polar surface area (TPSA) is 106 Å². The molecule has 0 radical (unpaired) electrons. The van der Waals surface area contributed by atoms with Crippen molar-refractivity contribution in [2.45, 2.75) is 19.3 Å². The molecule has 128 valence electrons. The highest BCUT2D eigenvalue weighted by atomic mass is 16.5. The summed E-state index contributed by atoms with van der Waals surface area (Å²) < 4.78 is 14.8. The molecule has 0 fully saturated rings.